The van der Waals surface area contributed by atoms with Crippen molar-refractivity contribution in [2.24, 2.45) is 7.05 Å². The number of nitrogens with zero attached hydrogens (tertiary/aromatic N) is 3. The van der Waals surface area contributed by atoms with Crippen LogP contribution in [-0.4, -0.2) is 47.4 Å². The van der Waals surface area contributed by atoms with Crippen LogP contribution in [0.4, 0.5) is 0 Å². The average Bonchev–Trinajstić information content (AvgIpc) is 2.74. The standard InChI is InChI=1S/C13H26N4/c1-5-17(6-2)10-8-12(14-3)11-13-7-9-16(4)15-13/h7,9,12,14H,5-6,8,10-11H2,1-4H3. The van der Waals surface area contributed by atoms with Gasteiger partial charge in [0.05, 0.1) is 5.69 Å². The van der Waals surface area contributed by atoms with Crippen LogP contribution < -0.4 is 5.32 Å². The van der Waals surface area contributed by atoms with Gasteiger partial charge in [0, 0.05) is 25.7 Å². The van der Waals surface area contributed by atoms with E-state index in [0.29, 0.717) is 6.04 Å². The van der Waals surface area contributed by atoms with Crippen molar-refractivity contribution in [2.75, 3.05) is 26.7 Å². The van der Waals surface area contributed by atoms with Gasteiger partial charge in [0.1, 0.15) is 0 Å². The molecule has 1 heterocycles. The van der Waals surface area contributed by atoms with Crippen molar-refractivity contribution >= 4 is 0 Å². The Kier molecular flexibility index (Phi) is 6.22. The third-order valence-electron chi connectivity index (χ3n) is 3.32. The van der Waals surface area contributed by atoms with E-state index in [1.165, 1.54) is 12.1 Å². The molecule has 1 atom stereocenters. The Balaban J connectivity index is 2.38. The van der Waals surface area contributed by atoms with Crippen molar-refractivity contribution in [3.63, 3.8) is 0 Å². The summed E-state index contributed by atoms with van der Waals surface area (Å²) < 4.78 is 1.87. The van der Waals surface area contributed by atoms with Crippen LogP contribution in [0.25, 0.3) is 0 Å². The van der Waals surface area contributed by atoms with E-state index in [1.54, 1.807) is 0 Å². The van der Waals surface area contributed by atoms with E-state index in [0.717, 1.165) is 26.1 Å². The van der Waals surface area contributed by atoms with Gasteiger partial charge in [-0.1, -0.05) is 13.8 Å². The van der Waals surface area contributed by atoms with Crippen molar-refractivity contribution in [3.05, 3.63) is 18.0 Å². The molecular weight excluding hydrogens is 212 g/mol. The van der Waals surface area contributed by atoms with Gasteiger partial charge in [-0.2, -0.15) is 5.10 Å². The zero-order chi connectivity index (χ0) is 12.7. The molecule has 1 unspecified atom stereocenters. The minimum Gasteiger partial charge on any atom is -0.317 e. The maximum atomic E-state index is 4.43. The van der Waals surface area contributed by atoms with Gasteiger partial charge in [0.2, 0.25) is 0 Å². The maximum absolute atomic E-state index is 4.43. The molecule has 0 amide bonds. The first-order valence-electron chi connectivity index (χ1n) is 6.57. The summed E-state index contributed by atoms with van der Waals surface area (Å²) in [6.07, 6.45) is 4.19. The summed E-state index contributed by atoms with van der Waals surface area (Å²) in [5.41, 5.74) is 1.17. The van der Waals surface area contributed by atoms with Crippen LogP contribution in [0.1, 0.15) is 26.0 Å². The smallest absolute Gasteiger partial charge is 0.0640 e. The number of rotatable bonds is 8. The zero-order valence-corrected chi connectivity index (χ0v) is 11.6. The third-order valence-corrected chi connectivity index (χ3v) is 3.32. The van der Waals surface area contributed by atoms with Crippen molar-refractivity contribution in [2.45, 2.75) is 32.7 Å². The highest BCUT2D eigenvalue weighted by molar-refractivity contribution is 5.01. The van der Waals surface area contributed by atoms with Crippen LogP contribution >= 0.6 is 0 Å². The second-order valence-electron chi connectivity index (χ2n) is 4.49. The second kappa shape index (κ2) is 7.45. The topological polar surface area (TPSA) is 33.1 Å². The maximum Gasteiger partial charge on any atom is 0.0640 e. The Bertz CT molecular complexity index is 304. The van der Waals surface area contributed by atoms with E-state index in [4.69, 9.17) is 0 Å². The fraction of sp³-hybridized carbons (Fsp3) is 0.769. The molecule has 0 aromatic carbocycles. The summed E-state index contributed by atoms with van der Waals surface area (Å²) in [6.45, 7) is 7.87. The Morgan fingerprint density at radius 1 is 1.41 bits per heavy atom. The van der Waals surface area contributed by atoms with E-state index >= 15 is 0 Å². The van der Waals surface area contributed by atoms with E-state index in [1.807, 2.05) is 25.0 Å². The number of aromatic nitrogens is 2. The van der Waals surface area contributed by atoms with E-state index in [-0.39, 0.29) is 0 Å². The molecule has 4 heteroatoms. The Labute approximate surface area is 105 Å². The van der Waals surface area contributed by atoms with Gasteiger partial charge in [-0.3, -0.25) is 4.68 Å². The van der Waals surface area contributed by atoms with Gasteiger partial charge in [0.15, 0.2) is 0 Å². The van der Waals surface area contributed by atoms with Crippen LogP contribution in [0.15, 0.2) is 12.3 Å². The predicted octanol–water partition coefficient (Wildman–Crippen LogP) is 1.28. The minimum atomic E-state index is 0.519. The number of nitrogens with one attached hydrogen (secondary N) is 1. The van der Waals surface area contributed by atoms with E-state index < -0.39 is 0 Å². The molecule has 0 aliphatic carbocycles. The lowest BCUT2D eigenvalue weighted by atomic mass is 10.1. The number of hydrogen-bond acceptors (Lipinski definition) is 3. The average molecular weight is 238 g/mol. The van der Waals surface area contributed by atoms with Gasteiger partial charge in [0.25, 0.3) is 0 Å². The Hall–Kier alpha value is -0.870. The predicted molar refractivity (Wildman–Crippen MR) is 72.2 cm³/mol. The highest BCUT2D eigenvalue weighted by atomic mass is 15.2. The molecule has 1 N–H and O–H groups in total. The molecule has 0 radical (unpaired) electrons. The molecular formula is C13H26N4. The Morgan fingerprint density at radius 3 is 2.59 bits per heavy atom. The summed E-state index contributed by atoms with van der Waals surface area (Å²) >= 11 is 0. The van der Waals surface area contributed by atoms with Crippen LogP contribution in [0, 0.1) is 0 Å². The molecule has 1 aromatic heterocycles. The van der Waals surface area contributed by atoms with Crippen molar-refractivity contribution in [1.29, 1.82) is 0 Å². The molecule has 17 heavy (non-hydrogen) atoms. The first-order chi connectivity index (χ1) is 8.19. The van der Waals surface area contributed by atoms with Gasteiger partial charge in [-0.25, -0.2) is 0 Å². The molecule has 98 valence electrons. The highest BCUT2D eigenvalue weighted by Gasteiger charge is 2.10. The van der Waals surface area contributed by atoms with Crippen molar-refractivity contribution < 1.29 is 0 Å². The van der Waals surface area contributed by atoms with Crippen LogP contribution in [0.2, 0.25) is 0 Å². The van der Waals surface area contributed by atoms with Gasteiger partial charge < -0.3 is 10.2 Å². The van der Waals surface area contributed by atoms with Crippen LogP contribution in [0.3, 0.4) is 0 Å². The quantitative estimate of drug-likeness (QED) is 0.741. The zero-order valence-electron chi connectivity index (χ0n) is 11.6. The van der Waals surface area contributed by atoms with E-state index in [2.05, 4.69) is 35.2 Å². The lowest BCUT2D eigenvalue weighted by Gasteiger charge is -2.22. The molecule has 0 saturated heterocycles. The molecule has 0 spiro atoms. The first-order valence-corrected chi connectivity index (χ1v) is 6.57. The summed E-state index contributed by atoms with van der Waals surface area (Å²) in [5.74, 6) is 0. The highest BCUT2D eigenvalue weighted by Crippen LogP contribution is 2.04. The number of aryl methyl sites for hydroxylation is 1. The summed E-state index contributed by atoms with van der Waals surface area (Å²) in [4.78, 5) is 2.46. The molecule has 1 aromatic rings. The molecule has 1 rings (SSSR count). The normalized spacial score (nSPS) is 13.2. The SMILES string of the molecule is CCN(CC)CCC(Cc1ccn(C)n1)NC. The molecule has 4 nitrogen and oxygen atoms in total. The second-order valence-corrected chi connectivity index (χ2v) is 4.49. The lowest BCUT2D eigenvalue weighted by molar-refractivity contribution is 0.283. The Morgan fingerprint density at radius 2 is 2.12 bits per heavy atom. The molecule has 0 aliphatic rings. The van der Waals surface area contributed by atoms with Crippen LogP contribution in [-0.2, 0) is 13.5 Å². The largest absolute Gasteiger partial charge is 0.317 e. The van der Waals surface area contributed by atoms with Crippen molar-refractivity contribution in [1.82, 2.24) is 20.0 Å². The third kappa shape index (κ3) is 4.88. The molecule has 0 saturated carbocycles. The molecule has 0 aliphatic heterocycles. The number of hydrogen-bond donors (Lipinski definition) is 1. The lowest BCUT2D eigenvalue weighted by Crippen LogP contribution is -2.34. The fourth-order valence-corrected chi connectivity index (χ4v) is 2.05. The van der Waals surface area contributed by atoms with Crippen molar-refractivity contribution in [3.8, 4) is 0 Å². The van der Waals surface area contributed by atoms with Gasteiger partial charge >= 0.3 is 0 Å². The van der Waals surface area contributed by atoms with Gasteiger partial charge in [-0.15, -0.1) is 0 Å². The first kappa shape index (κ1) is 14.2. The monoisotopic (exact) mass is 238 g/mol. The number of likely N-dealkylation sites (N-methyl/N-ethyl adjacent to an activating group) is 1. The summed E-state index contributed by atoms with van der Waals surface area (Å²) in [5, 5.41) is 7.82. The fourth-order valence-electron chi connectivity index (χ4n) is 2.05. The molecule has 0 bridgehead atoms. The summed E-state index contributed by atoms with van der Waals surface area (Å²) in [6, 6.07) is 2.62. The van der Waals surface area contributed by atoms with E-state index in [9.17, 15) is 0 Å². The van der Waals surface area contributed by atoms with Gasteiger partial charge in [-0.05, 0) is 39.2 Å². The minimum absolute atomic E-state index is 0.519. The van der Waals surface area contributed by atoms with Crippen LogP contribution in [0.5, 0.6) is 0 Å². The molecule has 0 fully saturated rings. The summed E-state index contributed by atoms with van der Waals surface area (Å²) in [7, 11) is 4.00.